The van der Waals surface area contributed by atoms with Crippen LogP contribution in [0.1, 0.15) is 15.9 Å². The predicted octanol–water partition coefficient (Wildman–Crippen LogP) is 1.08. The number of amides is 1. The zero-order chi connectivity index (χ0) is 8.27. The van der Waals surface area contributed by atoms with Gasteiger partial charge in [-0.1, -0.05) is 15.9 Å². The second-order valence-electron chi connectivity index (χ2n) is 2.03. The normalized spacial score (nSPS) is 9.55. The maximum absolute atomic E-state index is 10.8. The summed E-state index contributed by atoms with van der Waals surface area (Å²) in [6.45, 7) is 0. The van der Waals surface area contributed by atoms with Gasteiger partial charge in [0.2, 0.25) is 5.91 Å². The van der Waals surface area contributed by atoms with Crippen LogP contribution in [0.5, 0.6) is 0 Å². The molecule has 0 aliphatic carbocycles. The fourth-order valence-corrected chi connectivity index (χ4v) is 1.22. The molecule has 0 spiro atoms. The zero-order valence-corrected chi connectivity index (χ0v) is 7.34. The first-order valence-corrected chi connectivity index (χ1v) is 4.16. The third kappa shape index (κ3) is 1.77. The van der Waals surface area contributed by atoms with Crippen LogP contribution < -0.4 is 5.73 Å². The molecular formula is C7H7BrN2O. The fourth-order valence-electron chi connectivity index (χ4n) is 0.774. The number of nitrogens with zero attached hydrogens (tertiary/aromatic N) is 1. The van der Waals surface area contributed by atoms with E-state index >= 15 is 0 Å². The van der Waals surface area contributed by atoms with Crippen LogP contribution in [-0.4, -0.2) is 10.9 Å². The molecule has 4 heteroatoms. The lowest BCUT2D eigenvalue weighted by Crippen LogP contribution is -2.13. The minimum atomic E-state index is -0.415. The van der Waals surface area contributed by atoms with Gasteiger partial charge in [-0.05, 0) is 11.6 Å². The Morgan fingerprint density at radius 2 is 2.45 bits per heavy atom. The number of aromatic nitrogens is 1. The smallest absolute Gasteiger partial charge is 0.249 e. The average molecular weight is 215 g/mol. The van der Waals surface area contributed by atoms with E-state index in [2.05, 4.69) is 20.9 Å². The number of nitrogens with two attached hydrogens (primary N) is 1. The molecule has 1 amide bonds. The molecule has 2 N–H and O–H groups in total. The summed E-state index contributed by atoms with van der Waals surface area (Å²) in [5.74, 6) is -0.415. The number of halogens is 1. The lowest BCUT2D eigenvalue weighted by molar-refractivity contribution is 0.0999. The summed E-state index contributed by atoms with van der Waals surface area (Å²) >= 11 is 3.23. The highest BCUT2D eigenvalue weighted by Gasteiger charge is 2.04. The highest BCUT2D eigenvalue weighted by molar-refractivity contribution is 9.08. The van der Waals surface area contributed by atoms with Gasteiger partial charge in [0.05, 0.1) is 0 Å². The van der Waals surface area contributed by atoms with Gasteiger partial charge in [0.1, 0.15) is 0 Å². The fraction of sp³-hybridized carbons (Fsp3) is 0.143. The third-order valence-corrected chi connectivity index (χ3v) is 1.92. The van der Waals surface area contributed by atoms with E-state index in [0.29, 0.717) is 10.9 Å². The SMILES string of the molecule is NC(=O)c1ccncc1CBr. The monoisotopic (exact) mass is 214 g/mol. The Hall–Kier alpha value is -0.900. The van der Waals surface area contributed by atoms with Crippen molar-refractivity contribution in [3.05, 3.63) is 29.6 Å². The molecule has 11 heavy (non-hydrogen) atoms. The van der Waals surface area contributed by atoms with E-state index in [4.69, 9.17) is 5.73 Å². The number of primary amides is 1. The topological polar surface area (TPSA) is 56.0 Å². The molecule has 1 aromatic heterocycles. The zero-order valence-electron chi connectivity index (χ0n) is 5.75. The van der Waals surface area contributed by atoms with Crippen molar-refractivity contribution in [3.8, 4) is 0 Å². The van der Waals surface area contributed by atoms with Crippen LogP contribution in [0, 0.1) is 0 Å². The molecule has 3 nitrogen and oxygen atoms in total. The number of pyridine rings is 1. The van der Waals surface area contributed by atoms with E-state index in [-0.39, 0.29) is 0 Å². The molecule has 0 radical (unpaired) electrons. The summed E-state index contributed by atoms with van der Waals surface area (Å²) < 4.78 is 0. The number of rotatable bonds is 2. The van der Waals surface area contributed by atoms with Crippen LogP contribution in [0.25, 0.3) is 0 Å². The Balaban J connectivity index is 3.12. The molecule has 0 aromatic carbocycles. The van der Waals surface area contributed by atoms with Crippen molar-refractivity contribution in [1.82, 2.24) is 4.98 Å². The minimum absolute atomic E-state index is 0.415. The number of carbonyl (C=O) groups is 1. The molecule has 0 saturated heterocycles. The maximum Gasteiger partial charge on any atom is 0.249 e. The third-order valence-electron chi connectivity index (χ3n) is 1.31. The second-order valence-corrected chi connectivity index (χ2v) is 2.59. The van der Waals surface area contributed by atoms with E-state index in [1.807, 2.05) is 0 Å². The van der Waals surface area contributed by atoms with Gasteiger partial charge in [0.15, 0.2) is 0 Å². The van der Waals surface area contributed by atoms with Gasteiger partial charge in [-0.3, -0.25) is 9.78 Å². The summed E-state index contributed by atoms with van der Waals surface area (Å²) in [6.07, 6.45) is 3.17. The standard InChI is InChI=1S/C7H7BrN2O/c8-3-5-4-10-2-1-6(5)7(9)11/h1-2,4H,3H2,(H2,9,11). The van der Waals surface area contributed by atoms with Gasteiger partial charge in [-0.15, -0.1) is 0 Å². The van der Waals surface area contributed by atoms with Crippen molar-refractivity contribution >= 4 is 21.8 Å². The Kier molecular flexibility index (Phi) is 2.59. The highest BCUT2D eigenvalue weighted by Crippen LogP contribution is 2.09. The van der Waals surface area contributed by atoms with Crippen LogP contribution in [0.2, 0.25) is 0 Å². The van der Waals surface area contributed by atoms with Crippen molar-refractivity contribution in [3.63, 3.8) is 0 Å². The summed E-state index contributed by atoms with van der Waals surface area (Å²) in [6, 6.07) is 1.61. The van der Waals surface area contributed by atoms with E-state index < -0.39 is 5.91 Å². The summed E-state index contributed by atoms with van der Waals surface area (Å²) in [4.78, 5) is 14.6. The number of hydrogen-bond donors (Lipinski definition) is 1. The first-order valence-electron chi connectivity index (χ1n) is 3.04. The second kappa shape index (κ2) is 3.48. The Bertz CT molecular complexity index is 275. The molecule has 0 aliphatic rings. The summed E-state index contributed by atoms with van der Waals surface area (Å²) in [7, 11) is 0. The van der Waals surface area contributed by atoms with Gasteiger partial charge < -0.3 is 5.73 Å². The Morgan fingerprint density at radius 3 is 2.91 bits per heavy atom. The van der Waals surface area contributed by atoms with Crippen LogP contribution in [0.3, 0.4) is 0 Å². The molecule has 58 valence electrons. The summed E-state index contributed by atoms with van der Waals surface area (Å²) in [5.41, 5.74) is 6.45. The molecule has 0 saturated carbocycles. The number of hydrogen-bond acceptors (Lipinski definition) is 2. The van der Waals surface area contributed by atoms with E-state index in [0.717, 1.165) is 5.56 Å². The minimum Gasteiger partial charge on any atom is -0.366 e. The van der Waals surface area contributed by atoms with Gasteiger partial charge in [-0.25, -0.2) is 0 Å². The van der Waals surface area contributed by atoms with Crippen molar-refractivity contribution in [2.45, 2.75) is 5.33 Å². The molecule has 0 aliphatic heterocycles. The lowest BCUT2D eigenvalue weighted by atomic mass is 10.1. The van der Waals surface area contributed by atoms with Crippen molar-refractivity contribution in [2.24, 2.45) is 5.73 Å². The molecular weight excluding hydrogens is 208 g/mol. The average Bonchev–Trinajstić information content (AvgIpc) is 2.04. The Morgan fingerprint density at radius 1 is 1.73 bits per heavy atom. The first-order chi connectivity index (χ1) is 5.25. The van der Waals surface area contributed by atoms with Crippen molar-refractivity contribution in [1.29, 1.82) is 0 Å². The predicted molar refractivity (Wildman–Crippen MR) is 45.4 cm³/mol. The molecule has 0 fully saturated rings. The van der Waals surface area contributed by atoms with E-state index in [1.54, 1.807) is 18.5 Å². The molecule has 1 heterocycles. The maximum atomic E-state index is 10.8. The van der Waals surface area contributed by atoms with Gasteiger partial charge in [-0.2, -0.15) is 0 Å². The lowest BCUT2D eigenvalue weighted by Gasteiger charge is -1.99. The Labute approximate surface area is 72.7 Å². The van der Waals surface area contributed by atoms with Crippen LogP contribution in [0.4, 0.5) is 0 Å². The van der Waals surface area contributed by atoms with Gasteiger partial charge >= 0.3 is 0 Å². The molecule has 1 aromatic rings. The van der Waals surface area contributed by atoms with Gasteiger partial charge in [0.25, 0.3) is 0 Å². The molecule has 0 atom stereocenters. The molecule has 0 unspecified atom stereocenters. The van der Waals surface area contributed by atoms with E-state index in [1.165, 1.54) is 0 Å². The largest absolute Gasteiger partial charge is 0.366 e. The van der Waals surface area contributed by atoms with Crippen molar-refractivity contribution in [2.75, 3.05) is 0 Å². The first kappa shape index (κ1) is 8.20. The van der Waals surface area contributed by atoms with Crippen molar-refractivity contribution < 1.29 is 4.79 Å². The van der Waals surface area contributed by atoms with Crippen LogP contribution in [0.15, 0.2) is 18.5 Å². The van der Waals surface area contributed by atoms with Crippen LogP contribution in [-0.2, 0) is 5.33 Å². The quantitative estimate of drug-likeness (QED) is 0.750. The number of carbonyl (C=O) groups excluding carboxylic acids is 1. The van der Waals surface area contributed by atoms with Crippen LogP contribution >= 0.6 is 15.9 Å². The highest BCUT2D eigenvalue weighted by atomic mass is 79.9. The molecule has 0 bridgehead atoms. The summed E-state index contributed by atoms with van der Waals surface area (Å²) in [5, 5.41) is 0.596. The van der Waals surface area contributed by atoms with E-state index in [9.17, 15) is 4.79 Å². The van der Waals surface area contributed by atoms with Gasteiger partial charge in [0, 0.05) is 23.3 Å². The number of alkyl halides is 1. The molecule has 1 rings (SSSR count).